The van der Waals surface area contributed by atoms with Crippen LogP contribution in [0.2, 0.25) is 0 Å². The van der Waals surface area contributed by atoms with Crippen molar-refractivity contribution >= 4 is 28.8 Å². The zero-order valence-corrected chi connectivity index (χ0v) is 15.9. The molecule has 2 aromatic rings. The fraction of sp³-hybridized carbons (Fsp3) is 0.286. The molecule has 2 heterocycles. The Kier molecular flexibility index (Phi) is 4.61. The van der Waals surface area contributed by atoms with E-state index in [1.165, 1.54) is 17.0 Å². The molecule has 2 aromatic carbocycles. The van der Waals surface area contributed by atoms with Crippen molar-refractivity contribution in [3.63, 3.8) is 0 Å². The Hall–Kier alpha value is -2.44. The van der Waals surface area contributed by atoms with Crippen LogP contribution in [-0.4, -0.2) is 47.3 Å². The first-order valence-corrected chi connectivity index (χ1v) is 9.52. The minimum Gasteiger partial charge on any atom is -0.337 e. The molecule has 0 saturated carbocycles. The third-order valence-corrected chi connectivity index (χ3v) is 5.76. The number of nitrogens with zero attached hydrogens (tertiary/aromatic N) is 2. The number of carbonyl (C=O) groups excluding carboxylic acids is 1. The van der Waals surface area contributed by atoms with Crippen molar-refractivity contribution in [2.24, 2.45) is 4.99 Å². The highest BCUT2D eigenvalue weighted by atomic mass is 32.1. The van der Waals surface area contributed by atoms with Crippen LogP contribution in [0.25, 0.3) is 0 Å². The van der Waals surface area contributed by atoms with Gasteiger partial charge in [-0.3, -0.25) is 14.7 Å². The summed E-state index contributed by atoms with van der Waals surface area (Å²) < 4.78 is 13.3. The summed E-state index contributed by atoms with van der Waals surface area (Å²) in [5.41, 5.74) is 1.30. The van der Waals surface area contributed by atoms with Crippen LogP contribution in [0.1, 0.15) is 28.8 Å². The summed E-state index contributed by atoms with van der Waals surface area (Å²) in [6.45, 7) is 1.84. The van der Waals surface area contributed by atoms with Crippen molar-refractivity contribution in [1.29, 1.82) is 0 Å². The molecular formula is C21H21FN3OS+. The molecule has 1 fully saturated rings. The van der Waals surface area contributed by atoms with Gasteiger partial charge in [0.15, 0.2) is 5.66 Å². The maximum absolute atomic E-state index is 13.3. The Labute approximate surface area is 163 Å². The number of hydrogen-bond acceptors (Lipinski definition) is 3. The second kappa shape index (κ2) is 6.94. The Bertz CT molecular complexity index is 903. The van der Waals surface area contributed by atoms with Gasteiger partial charge in [0.1, 0.15) is 16.5 Å². The normalized spacial score (nSPS) is 25.0. The lowest BCUT2D eigenvalue weighted by Crippen LogP contribution is -3.10. The van der Waals surface area contributed by atoms with Crippen molar-refractivity contribution in [1.82, 2.24) is 4.90 Å². The molecule has 0 bridgehead atoms. The van der Waals surface area contributed by atoms with Gasteiger partial charge in [0.05, 0.1) is 20.1 Å². The van der Waals surface area contributed by atoms with Crippen LogP contribution >= 0.6 is 12.2 Å². The summed E-state index contributed by atoms with van der Waals surface area (Å²) in [7, 11) is 2.15. The SMILES string of the molecule is C[NH+]1CCC2(CC1)N=C(c1ccc(F)cc1)C(=S)N2C(=O)c1ccccc1. The van der Waals surface area contributed by atoms with Crippen molar-refractivity contribution in [2.75, 3.05) is 20.1 Å². The fourth-order valence-electron chi connectivity index (χ4n) is 3.80. The molecular weight excluding hydrogens is 361 g/mol. The molecule has 2 aliphatic heterocycles. The number of carbonyl (C=O) groups is 1. The Morgan fingerprint density at radius 3 is 2.37 bits per heavy atom. The summed E-state index contributed by atoms with van der Waals surface area (Å²) >= 11 is 5.71. The number of aliphatic imine (C=N–C) groups is 1. The highest BCUT2D eigenvalue weighted by molar-refractivity contribution is 7.82. The van der Waals surface area contributed by atoms with E-state index < -0.39 is 5.66 Å². The number of amides is 1. The van der Waals surface area contributed by atoms with Crippen molar-refractivity contribution in [3.05, 3.63) is 71.5 Å². The summed E-state index contributed by atoms with van der Waals surface area (Å²) in [5, 5.41) is 0. The highest BCUT2D eigenvalue weighted by Crippen LogP contribution is 2.35. The van der Waals surface area contributed by atoms with E-state index in [0.29, 0.717) is 16.3 Å². The third-order valence-electron chi connectivity index (χ3n) is 5.39. The summed E-state index contributed by atoms with van der Waals surface area (Å²) in [6, 6.07) is 15.3. The number of likely N-dealkylation sites (tertiary alicyclic amines) is 1. The lowest BCUT2D eigenvalue weighted by molar-refractivity contribution is -0.886. The number of piperidine rings is 1. The van der Waals surface area contributed by atoms with E-state index in [4.69, 9.17) is 17.2 Å². The first kappa shape index (κ1) is 17.9. The second-order valence-electron chi connectivity index (χ2n) is 7.22. The van der Waals surface area contributed by atoms with Gasteiger partial charge in [-0.05, 0) is 36.4 Å². The molecule has 27 heavy (non-hydrogen) atoms. The van der Waals surface area contributed by atoms with Crippen LogP contribution < -0.4 is 4.90 Å². The maximum Gasteiger partial charge on any atom is 0.260 e. The zero-order chi connectivity index (χ0) is 19.0. The van der Waals surface area contributed by atoms with Gasteiger partial charge in [-0.15, -0.1) is 0 Å². The van der Waals surface area contributed by atoms with Gasteiger partial charge in [-0.2, -0.15) is 0 Å². The number of benzene rings is 2. The van der Waals surface area contributed by atoms with E-state index >= 15 is 0 Å². The Morgan fingerprint density at radius 1 is 1.11 bits per heavy atom. The molecule has 0 aromatic heterocycles. The van der Waals surface area contributed by atoms with Gasteiger partial charge in [0.25, 0.3) is 5.91 Å². The van der Waals surface area contributed by atoms with Crippen molar-refractivity contribution in [3.8, 4) is 0 Å². The van der Waals surface area contributed by atoms with Crippen molar-refractivity contribution in [2.45, 2.75) is 18.5 Å². The van der Waals surface area contributed by atoms with Gasteiger partial charge >= 0.3 is 0 Å². The van der Waals surface area contributed by atoms with Crippen LogP contribution in [0.5, 0.6) is 0 Å². The summed E-state index contributed by atoms with van der Waals surface area (Å²) in [6.07, 6.45) is 1.50. The molecule has 2 aliphatic rings. The molecule has 0 radical (unpaired) electrons. The molecule has 138 valence electrons. The van der Waals surface area contributed by atoms with E-state index in [0.717, 1.165) is 31.5 Å². The lowest BCUT2D eigenvalue weighted by Gasteiger charge is -2.39. The largest absolute Gasteiger partial charge is 0.337 e. The molecule has 0 atom stereocenters. The predicted octanol–water partition coefficient (Wildman–Crippen LogP) is 2.10. The number of halogens is 1. The molecule has 4 rings (SSSR count). The smallest absolute Gasteiger partial charge is 0.260 e. The molecule has 0 unspecified atom stereocenters. The van der Waals surface area contributed by atoms with E-state index in [9.17, 15) is 9.18 Å². The second-order valence-corrected chi connectivity index (χ2v) is 7.61. The van der Waals surface area contributed by atoms with Gasteiger partial charge in [0, 0.05) is 24.0 Å². The van der Waals surface area contributed by atoms with Gasteiger partial charge < -0.3 is 4.90 Å². The molecule has 1 spiro atoms. The van der Waals surface area contributed by atoms with Gasteiger partial charge in [0.2, 0.25) is 0 Å². The Balaban J connectivity index is 1.77. The molecule has 1 saturated heterocycles. The molecule has 1 N–H and O–H groups in total. The number of hydrogen-bond donors (Lipinski definition) is 1. The topological polar surface area (TPSA) is 37.1 Å². The van der Waals surface area contributed by atoms with E-state index in [1.54, 1.807) is 29.2 Å². The quantitative estimate of drug-likeness (QED) is 0.808. The first-order valence-electron chi connectivity index (χ1n) is 9.11. The van der Waals surface area contributed by atoms with E-state index in [2.05, 4.69) is 7.05 Å². The number of rotatable bonds is 2. The minimum atomic E-state index is -0.646. The lowest BCUT2D eigenvalue weighted by atomic mass is 9.95. The van der Waals surface area contributed by atoms with Gasteiger partial charge in [-0.25, -0.2) is 4.39 Å². The number of quaternary nitrogens is 1. The Morgan fingerprint density at radius 2 is 1.74 bits per heavy atom. The predicted molar refractivity (Wildman–Crippen MR) is 107 cm³/mol. The van der Waals surface area contributed by atoms with Crippen LogP contribution in [-0.2, 0) is 0 Å². The maximum atomic E-state index is 13.3. The summed E-state index contributed by atoms with van der Waals surface area (Å²) in [4.78, 5) is 21.9. The summed E-state index contributed by atoms with van der Waals surface area (Å²) in [5.74, 6) is -0.431. The average Bonchev–Trinajstić information content (AvgIpc) is 2.97. The average molecular weight is 382 g/mol. The standard InChI is InChI=1S/C21H20FN3OS/c1-24-13-11-21(12-14-24)23-18(15-7-9-17(22)10-8-15)20(27)25(21)19(26)16-5-3-2-4-6-16/h2-10H,11-14H2,1H3/p+1. The first-order chi connectivity index (χ1) is 13.0. The number of nitrogens with one attached hydrogen (secondary N) is 1. The fourth-order valence-corrected chi connectivity index (χ4v) is 4.22. The van der Waals surface area contributed by atoms with Crippen LogP contribution in [0, 0.1) is 5.82 Å². The van der Waals surface area contributed by atoms with Crippen LogP contribution in [0.3, 0.4) is 0 Å². The molecule has 0 aliphatic carbocycles. The molecule has 4 nitrogen and oxygen atoms in total. The monoisotopic (exact) mass is 382 g/mol. The van der Waals surface area contributed by atoms with E-state index in [-0.39, 0.29) is 11.7 Å². The molecule has 1 amide bonds. The van der Waals surface area contributed by atoms with Gasteiger partial charge in [-0.1, -0.05) is 30.4 Å². The zero-order valence-electron chi connectivity index (χ0n) is 15.1. The van der Waals surface area contributed by atoms with Crippen LogP contribution in [0.4, 0.5) is 4.39 Å². The highest BCUT2D eigenvalue weighted by Gasteiger charge is 2.50. The number of thiocarbonyl (C=S) groups is 1. The third kappa shape index (κ3) is 3.19. The minimum absolute atomic E-state index is 0.124. The van der Waals surface area contributed by atoms with Crippen LogP contribution in [0.15, 0.2) is 59.6 Å². The molecule has 6 heteroatoms. The van der Waals surface area contributed by atoms with E-state index in [1.807, 2.05) is 18.2 Å². The van der Waals surface area contributed by atoms with Crippen molar-refractivity contribution < 1.29 is 14.1 Å².